The highest BCUT2D eigenvalue weighted by Gasteiger charge is 2.13. The summed E-state index contributed by atoms with van der Waals surface area (Å²) >= 11 is 0. The first-order valence-corrected chi connectivity index (χ1v) is 8.42. The third-order valence-corrected chi connectivity index (χ3v) is 3.27. The molecule has 4 amide bonds. The van der Waals surface area contributed by atoms with E-state index in [0.29, 0.717) is 17.5 Å². The predicted octanol–water partition coefficient (Wildman–Crippen LogP) is 3.23. The summed E-state index contributed by atoms with van der Waals surface area (Å²) in [4.78, 5) is 44.7. The van der Waals surface area contributed by atoms with Gasteiger partial charge in [0.1, 0.15) is 0 Å². The molecule has 0 fully saturated rings. The van der Waals surface area contributed by atoms with Crippen LogP contribution in [0.3, 0.4) is 0 Å². The van der Waals surface area contributed by atoms with Crippen LogP contribution in [0.15, 0.2) is 60.7 Å². The van der Waals surface area contributed by atoms with Gasteiger partial charge in [0.25, 0.3) is 11.8 Å². The minimum atomic E-state index is -0.854. The van der Waals surface area contributed by atoms with Crippen molar-refractivity contribution in [2.45, 2.75) is 26.2 Å². The van der Waals surface area contributed by atoms with Crippen molar-refractivity contribution < 1.29 is 24.3 Å². The molecule has 0 spiro atoms. The van der Waals surface area contributed by atoms with Gasteiger partial charge >= 0.3 is 12.0 Å². The zero-order chi connectivity index (χ0) is 20.1. The van der Waals surface area contributed by atoms with Crippen molar-refractivity contribution in [1.82, 2.24) is 10.6 Å². The second kappa shape index (κ2) is 12.0. The molecule has 2 aromatic carbocycles. The van der Waals surface area contributed by atoms with Gasteiger partial charge in [-0.1, -0.05) is 49.7 Å². The van der Waals surface area contributed by atoms with E-state index in [9.17, 15) is 19.2 Å². The topological polar surface area (TPSA) is 113 Å². The lowest BCUT2D eigenvalue weighted by atomic mass is 10.2. The molecule has 27 heavy (non-hydrogen) atoms. The Morgan fingerprint density at radius 2 is 1.19 bits per heavy atom. The molecule has 0 atom stereocenters. The third kappa shape index (κ3) is 8.97. The molecule has 0 aliphatic carbocycles. The SMILES string of the molecule is CCCCC(=O)O.O=C(NC(=O)c1ccccc1)NC(=O)c1ccccc1. The first-order chi connectivity index (χ1) is 12.9. The largest absolute Gasteiger partial charge is 0.481 e. The van der Waals surface area contributed by atoms with E-state index in [4.69, 9.17) is 5.11 Å². The van der Waals surface area contributed by atoms with E-state index in [-0.39, 0.29) is 0 Å². The van der Waals surface area contributed by atoms with Gasteiger partial charge in [0.05, 0.1) is 0 Å². The standard InChI is InChI=1S/C15H12N2O3.C5H10O2/c18-13(11-7-3-1-4-8-11)16-15(20)17-14(19)12-9-5-2-6-10-12;1-2-3-4-5(6)7/h1-10H,(H2,16,17,18,19,20);2-4H2,1H3,(H,6,7). The fraction of sp³-hybridized carbons (Fsp3) is 0.200. The molecule has 0 saturated carbocycles. The number of rotatable bonds is 5. The quantitative estimate of drug-likeness (QED) is 0.748. The average molecular weight is 370 g/mol. The maximum atomic E-state index is 11.7. The summed E-state index contributed by atoms with van der Waals surface area (Å²) in [5.74, 6) is -1.82. The molecule has 142 valence electrons. The van der Waals surface area contributed by atoms with Gasteiger partial charge in [-0.05, 0) is 30.7 Å². The first kappa shape index (κ1) is 21.6. The van der Waals surface area contributed by atoms with Gasteiger partial charge in [-0.2, -0.15) is 0 Å². The molecule has 2 rings (SSSR count). The molecule has 0 unspecified atom stereocenters. The zero-order valence-electron chi connectivity index (χ0n) is 15.0. The molecular weight excluding hydrogens is 348 g/mol. The van der Waals surface area contributed by atoms with Crippen molar-refractivity contribution in [3.8, 4) is 0 Å². The fourth-order valence-electron chi connectivity index (χ4n) is 1.89. The highest BCUT2D eigenvalue weighted by molar-refractivity contribution is 6.11. The number of nitrogens with one attached hydrogen (secondary N) is 2. The molecule has 2 aromatic rings. The number of urea groups is 1. The van der Waals surface area contributed by atoms with E-state index in [2.05, 4.69) is 10.6 Å². The second-order valence-electron chi connectivity index (χ2n) is 5.47. The number of hydrogen-bond donors (Lipinski definition) is 3. The van der Waals surface area contributed by atoms with Gasteiger partial charge < -0.3 is 5.11 Å². The summed E-state index contributed by atoms with van der Waals surface area (Å²) in [5, 5.41) is 12.2. The number of carboxylic acid groups (broad SMARTS) is 1. The van der Waals surface area contributed by atoms with E-state index >= 15 is 0 Å². The maximum absolute atomic E-state index is 11.7. The van der Waals surface area contributed by atoms with Gasteiger partial charge in [0.2, 0.25) is 0 Å². The highest BCUT2D eigenvalue weighted by atomic mass is 16.4. The summed E-state index contributed by atoms with van der Waals surface area (Å²) in [6.45, 7) is 1.98. The van der Waals surface area contributed by atoms with Crippen LogP contribution in [0.4, 0.5) is 4.79 Å². The Kier molecular flexibility index (Phi) is 9.56. The van der Waals surface area contributed by atoms with Crippen LogP contribution in [0.1, 0.15) is 46.9 Å². The van der Waals surface area contributed by atoms with E-state index in [1.807, 2.05) is 6.92 Å². The van der Waals surface area contributed by atoms with Crippen molar-refractivity contribution in [2.24, 2.45) is 0 Å². The number of aliphatic carboxylic acids is 1. The van der Waals surface area contributed by atoms with Crippen molar-refractivity contribution in [1.29, 1.82) is 0 Å². The summed E-state index contributed by atoms with van der Waals surface area (Å²) in [5.41, 5.74) is 0.685. The molecule has 0 heterocycles. The number of unbranched alkanes of at least 4 members (excludes halogenated alkanes) is 1. The zero-order valence-corrected chi connectivity index (χ0v) is 15.0. The second-order valence-corrected chi connectivity index (χ2v) is 5.47. The number of benzene rings is 2. The number of carbonyl (C=O) groups is 4. The van der Waals surface area contributed by atoms with Crippen LogP contribution in [-0.4, -0.2) is 28.9 Å². The molecule has 0 radical (unpaired) electrons. The normalized spacial score (nSPS) is 9.37. The lowest BCUT2D eigenvalue weighted by molar-refractivity contribution is -0.137. The molecule has 7 nitrogen and oxygen atoms in total. The van der Waals surface area contributed by atoms with Gasteiger partial charge in [-0.25, -0.2) is 4.79 Å². The van der Waals surface area contributed by atoms with Crippen molar-refractivity contribution >= 4 is 23.8 Å². The minimum Gasteiger partial charge on any atom is -0.481 e. The van der Waals surface area contributed by atoms with E-state index in [1.165, 1.54) is 0 Å². The van der Waals surface area contributed by atoms with Crippen LogP contribution in [0, 0.1) is 0 Å². The Morgan fingerprint density at radius 3 is 1.48 bits per heavy atom. The molecule has 0 saturated heterocycles. The van der Waals surface area contributed by atoms with E-state index in [0.717, 1.165) is 12.8 Å². The van der Waals surface area contributed by atoms with Crippen LogP contribution in [0.5, 0.6) is 0 Å². The minimum absolute atomic E-state index is 0.316. The summed E-state index contributed by atoms with van der Waals surface area (Å²) in [6.07, 6.45) is 2.08. The molecular formula is C20H22N2O5. The number of amides is 4. The number of carboxylic acids is 1. The van der Waals surface area contributed by atoms with Crippen LogP contribution in [0.25, 0.3) is 0 Å². The van der Waals surface area contributed by atoms with Crippen LogP contribution in [-0.2, 0) is 4.79 Å². The Bertz CT molecular complexity index is 705. The van der Waals surface area contributed by atoms with Crippen molar-refractivity contribution in [3.63, 3.8) is 0 Å². The van der Waals surface area contributed by atoms with Gasteiger partial charge in [0, 0.05) is 17.5 Å². The summed E-state index contributed by atoms with van der Waals surface area (Å²) in [7, 11) is 0. The predicted molar refractivity (Wildman–Crippen MR) is 100 cm³/mol. The third-order valence-electron chi connectivity index (χ3n) is 3.27. The van der Waals surface area contributed by atoms with Crippen LogP contribution < -0.4 is 10.6 Å². The molecule has 7 heteroatoms. The monoisotopic (exact) mass is 370 g/mol. The molecule has 0 aliphatic rings. The Hall–Kier alpha value is -3.48. The smallest absolute Gasteiger partial charge is 0.328 e. The summed E-state index contributed by atoms with van der Waals surface area (Å²) < 4.78 is 0. The van der Waals surface area contributed by atoms with E-state index < -0.39 is 23.8 Å². The molecule has 0 aliphatic heterocycles. The lowest BCUT2D eigenvalue weighted by Crippen LogP contribution is -2.42. The molecule has 0 bridgehead atoms. The lowest BCUT2D eigenvalue weighted by Gasteiger charge is -2.05. The number of imide groups is 2. The van der Waals surface area contributed by atoms with E-state index in [1.54, 1.807) is 60.7 Å². The Morgan fingerprint density at radius 1 is 0.778 bits per heavy atom. The fourth-order valence-corrected chi connectivity index (χ4v) is 1.89. The number of hydrogen-bond acceptors (Lipinski definition) is 4. The number of carbonyl (C=O) groups excluding carboxylic acids is 3. The summed E-state index contributed by atoms with van der Waals surface area (Å²) in [6, 6.07) is 15.7. The maximum Gasteiger partial charge on any atom is 0.328 e. The molecule has 0 aromatic heterocycles. The van der Waals surface area contributed by atoms with Gasteiger partial charge in [0.15, 0.2) is 0 Å². The Balaban J connectivity index is 0.000000445. The van der Waals surface area contributed by atoms with Crippen molar-refractivity contribution in [2.75, 3.05) is 0 Å². The van der Waals surface area contributed by atoms with Crippen molar-refractivity contribution in [3.05, 3.63) is 71.8 Å². The highest BCUT2D eigenvalue weighted by Crippen LogP contribution is 1.99. The van der Waals surface area contributed by atoms with Crippen LogP contribution in [0.2, 0.25) is 0 Å². The van der Waals surface area contributed by atoms with Crippen LogP contribution >= 0.6 is 0 Å². The van der Waals surface area contributed by atoms with Gasteiger partial charge in [-0.15, -0.1) is 0 Å². The molecule has 3 N–H and O–H groups in total. The van der Waals surface area contributed by atoms with Gasteiger partial charge in [-0.3, -0.25) is 25.0 Å². The average Bonchev–Trinajstić information content (AvgIpc) is 2.68. The Labute approximate surface area is 157 Å². The first-order valence-electron chi connectivity index (χ1n) is 8.42.